The lowest BCUT2D eigenvalue weighted by molar-refractivity contribution is -0.113. The number of nitrogens with one attached hydrogen (secondary N) is 2. The SMILES string of the molecule is COc1ccc2nccc([C@@H](O)CN3CCC(NC(=O)c4ccc5c(n4)NC(=O)CS5)CC3)c2c1.Cl.Cl. The van der Waals surface area contributed by atoms with Gasteiger partial charge in [0, 0.05) is 37.3 Å². The van der Waals surface area contributed by atoms with Gasteiger partial charge in [-0.05, 0) is 54.8 Å². The average Bonchev–Trinajstić information content (AvgIpc) is 2.88. The second-order valence-corrected chi connectivity index (χ2v) is 9.74. The molecule has 0 spiro atoms. The van der Waals surface area contributed by atoms with Gasteiger partial charge in [0.1, 0.15) is 17.3 Å². The molecule has 1 aromatic carbocycles. The lowest BCUT2D eigenvalue weighted by Gasteiger charge is -2.33. The molecule has 198 valence electrons. The van der Waals surface area contributed by atoms with Gasteiger partial charge in [0.25, 0.3) is 5.91 Å². The van der Waals surface area contributed by atoms with Crippen molar-refractivity contribution in [2.45, 2.75) is 29.9 Å². The van der Waals surface area contributed by atoms with Crippen LogP contribution in [0.2, 0.25) is 0 Å². The number of ether oxygens (including phenoxy) is 1. The van der Waals surface area contributed by atoms with Crippen LogP contribution in [0.15, 0.2) is 47.5 Å². The molecule has 4 heterocycles. The normalized spacial score (nSPS) is 16.5. The molecule has 1 saturated heterocycles. The number of pyridine rings is 2. The summed E-state index contributed by atoms with van der Waals surface area (Å²) in [5.41, 5.74) is 1.94. The zero-order chi connectivity index (χ0) is 24.4. The Labute approximate surface area is 231 Å². The largest absolute Gasteiger partial charge is 0.497 e. The fourth-order valence-corrected chi connectivity index (χ4v) is 5.27. The Bertz CT molecular complexity index is 1270. The minimum Gasteiger partial charge on any atom is -0.497 e. The maximum absolute atomic E-state index is 12.7. The van der Waals surface area contributed by atoms with Crippen LogP contribution in [-0.2, 0) is 4.79 Å². The molecule has 5 rings (SSSR count). The monoisotopic (exact) mass is 565 g/mol. The molecule has 0 radical (unpaired) electrons. The predicted molar refractivity (Wildman–Crippen MR) is 148 cm³/mol. The molecule has 0 bridgehead atoms. The number of hydrogen-bond acceptors (Lipinski definition) is 8. The maximum atomic E-state index is 12.7. The van der Waals surface area contributed by atoms with Gasteiger partial charge in [0.2, 0.25) is 5.91 Å². The topological polar surface area (TPSA) is 117 Å². The Hall–Kier alpha value is -2.63. The van der Waals surface area contributed by atoms with Crippen molar-refractivity contribution in [1.29, 1.82) is 0 Å². The van der Waals surface area contributed by atoms with Crippen molar-refractivity contribution in [1.82, 2.24) is 20.2 Å². The summed E-state index contributed by atoms with van der Waals surface area (Å²) in [5.74, 6) is 1.18. The van der Waals surface area contributed by atoms with Gasteiger partial charge in [-0.1, -0.05) is 0 Å². The van der Waals surface area contributed by atoms with Crippen molar-refractivity contribution in [2.24, 2.45) is 0 Å². The summed E-state index contributed by atoms with van der Waals surface area (Å²) >= 11 is 1.42. The molecule has 0 saturated carbocycles. The first kappa shape index (κ1) is 28.9. The number of aromatic nitrogens is 2. The number of fused-ring (bicyclic) bond motifs is 2. The Morgan fingerprint density at radius 1 is 1.24 bits per heavy atom. The van der Waals surface area contributed by atoms with Crippen LogP contribution in [0.25, 0.3) is 10.9 Å². The quantitative estimate of drug-likeness (QED) is 0.416. The number of rotatable bonds is 6. The Morgan fingerprint density at radius 3 is 2.78 bits per heavy atom. The highest BCUT2D eigenvalue weighted by molar-refractivity contribution is 8.00. The van der Waals surface area contributed by atoms with E-state index in [9.17, 15) is 14.7 Å². The number of piperidine rings is 1. The van der Waals surface area contributed by atoms with Crippen LogP contribution in [-0.4, -0.2) is 70.3 Å². The molecular weight excluding hydrogens is 537 g/mol. The van der Waals surface area contributed by atoms with Crippen LogP contribution in [0.3, 0.4) is 0 Å². The molecule has 3 aromatic rings. The number of benzene rings is 1. The second kappa shape index (κ2) is 12.7. The minimum atomic E-state index is -0.661. The van der Waals surface area contributed by atoms with E-state index in [1.165, 1.54) is 11.8 Å². The third kappa shape index (κ3) is 6.63. The van der Waals surface area contributed by atoms with E-state index in [-0.39, 0.29) is 42.7 Å². The van der Waals surface area contributed by atoms with E-state index in [1.807, 2.05) is 30.3 Å². The third-order valence-electron chi connectivity index (χ3n) is 6.40. The van der Waals surface area contributed by atoms with Gasteiger partial charge in [-0.2, -0.15) is 0 Å². The van der Waals surface area contributed by atoms with Gasteiger partial charge in [0.15, 0.2) is 0 Å². The molecule has 2 amide bonds. The van der Waals surface area contributed by atoms with Crippen LogP contribution >= 0.6 is 36.6 Å². The van der Waals surface area contributed by atoms with Crippen LogP contribution in [0, 0.1) is 0 Å². The van der Waals surface area contributed by atoms with Gasteiger partial charge < -0.3 is 25.4 Å². The van der Waals surface area contributed by atoms with Crippen molar-refractivity contribution in [3.05, 3.63) is 53.9 Å². The van der Waals surface area contributed by atoms with Crippen molar-refractivity contribution in [2.75, 3.05) is 37.8 Å². The van der Waals surface area contributed by atoms with Crippen LogP contribution in [0.5, 0.6) is 5.75 Å². The molecule has 1 atom stereocenters. The number of methoxy groups -OCH3 is 1. The number of anilines is 1. The maximum Gasteiger partial charge on any atom is 0.270 e. The van der Waals surface area contributed by atoms with Gasteiger partial charge in [0.05, 0.1) is 29.4 Å². The number of thioether (sulfide) groups is 1. The van der Waals surface area contributed by atoms with Gasteiger partial charge in [-0.15, -0.1) is 36.6 Å². The first-order valence-corrected chi connectivity index (χ1v) is 12.6. The van der Waals surface area contributed by atoms with E-state index in [4.69, 9.17) is 4.74 Å². The number of likely N-dealkylation sites (tertiary alicyclic amines) is 1. The zero-order valence-electron chi connectivity index (χ0n) is 20.2. The lowest BCUT2D eigenvalue weighted by atomic mass is 10.0. The summed E-state index contributed by atoms with van der Waals surface area (Å²) in [7, 11) is 1.62. The second-order valence-electron chi connectivity index (χ2n) is 8.73. The minimum absolute atomic E-state index is 0. The molecule has 1 fully saturated rings. The number of β-amino-alcohol motifs (C(OH)–C–C–N with tert-alkyl or cyclic N) is 1. The van der Waals surface area contributed by atoms with Gasteiger partial charge in [-0.3, -0.25) is 14.6 Å². The van der Waals surface area contributed by atoms with Gasteiger partial charge >= 0.3 is 0 Å². The number of hydrogen-bond donors (Lipinski definition) is 3. The number of carbonyl (C=O) groups is 2. The van der Waals surface area contributed by atoms with E-state index < -0.39 is 6.10 Å². The summed E-state index contributed by atoms with van der Waals surface area (Å²) < 4.78 is 5.34. The smallest absolute Gasteiger partial charge is 0.270 e. The van der Waals surface area contributed by atoms with Crippen molar-refractivity contribution in [3.63, 3.8) is 0 Å². The molecule has 2 aliphatic heterocycles. The molecular formula is C25H29Cl2N5O4S. The highest BCUT2D eigenvalue weighted by Crippen LogP contribution is 2.30. The molecule has 12 heteroatoms. The standard InChI is InChI=1S/C25H27N5O4S.2ClH/c1-34-16-2-3-19-18(12-16)17(6-9-26-19)21(31)13-30-10-7-15(8-11-30)27-25(33)20-4-5-22-24(28-20)29-23(32)14-35-22;;/h2-6,9,12,15,21,31H,7-8,10-11,13-14H2,1H3,(H,27,33)(H,28,29,32);2*1H/t21-;;/m0../s1. The number of aliphatic hydroxyl groups excluding tert-OH is 1. The summed E-state index contributed by atoms with van der Waals surface area (Å²) in [4.78, 5) is 36.2. The van der Waals surface area contributed by atoms with E-state index in [1.54, 1.807) is 19.4 Å². The molecule has 2 aliphatic rings. The van der Waals surface area contributed by atoms with E-state index in [2.05, 4.69) is 25.5 Å². The molecule has 9 nitrogen and oxygen atoms in total. The molecule has 0 aliphatic carbocycles. The van der Waals surface area contributed by atoms with Gasteiger partial charge in [-0.25, -0.2) is 4.98 Å². The molecule has 2 aromatic heterocycles. The fraction of sp³-hybridized carbons (Fsp3) is 0.360. The highest BCUT2D eigenvalue weighted by Gasteiger charge is 2.25. The number of halogens is 2. The van der Waals surface area contributed by atoms with E-state index in [0.29, 0.717) is 23.8 Å². The van der Waals surface area contributed by atoms with E-state index in [0.717, 1.165) is 53.0 Å². The number of amides is 2. The Kier molecular flexibility index (Phi) is 9.97. The Balaban J connectivity index is 0.00000190. The number of nitrogens with zero attached hydrogens (tertiary/aromatic N) is 3. The predicted octanol–water partition coefficient (Wildman–Crippen LogP) is 3.45. The number of aliphatic hydroxyl groups is 1. The summed E-state index contributed by atoms with van der Waals surface area (Å²) in [6.45, 7) is 2.03. The molecule has 3 N–H and O–H groups in total. The first-order chi connectivity index (χ1) is 17.0. The molecule has 0 unspecified atom stereocenters. The average molecular weight is 567 g/mol. The fourth-order valence-electron chi connectivity index (χ4n) is 4.52. The highest BCUT2D eigenvalue weighted by atomic mass is 35.5. The molecule has 37 heavy (non-hydrogen) atoms. The van der Waals surface area contributed by atoms with Crippen LogP contribution in [0.1, 0.15) is 35.0 Å². The third-order valence-corrected chi connectivity index (χ3v) is 7.45. The number of carbonyl (C=O) groups excluding carboxylic acids is 2. The summed E-state index contributed by atoms with van der Waals surface area (Å²) in [5, 5.41) is 17.7. The van der Waals surface area contributed by atoms with Crippen molar-refractivity contribution in [3.8, 4) is 5.75 Å². The van der Waals surface area contributed by atoms with Crippen LogP contribution < -0.4 is 15.4 Å². The van der Waals surface area contributed by atoms with Crippen molar-refractivity contribution < 1.29 is 19.4 Å². The van der Waals surface area contributed by atoms with E-state index >= 15 is 0 Å². The lowest BCUT2D eigenvalue weighted by Crippen LogP contribution is -2.45. The zero-order valence-corrected chi connectivity index (χ0v) is 22.6. The van der Waals surface area contributed by atoms with Crippen molar-refractivity contribution >= 4 is 65.1 Å². The Morgan fingerprint density at radius 2 is 2.03 bits per heavy atom. The van der Waals surface area contributed by atoms with Crippen LogP contribution in [0.4, 0.5) is 5.82 Å². The summed E-state index contributed by atoms with van der Waals surface area (Å²) in [6.07, 6.45) is 2.61. The summed E-state index contributed by atoms with van der Waals surface area (Å²) in [6, 6.07) is 11.1. The first-order valence-electron chi connectivity index (χ1n) is 11.6.